The van der Waals surface area contributed by atoms with E-state index < -0.39 is 121 Å². The number of aliphatic carboxylic acids is 1. The number of hydrogen-bond acceptors (Lipinski definition) is 10. The van der Waals surface area contributed by atoms with Crippen molar-refractivity contribution >= 4 is 52.9 Å². The molecule has 9 atom stereocenters. The van der Waals surface area contributed by atoms with Gasteiger partial charge in [-0.1, -0.05) is 84.7 Å². The molecule has 0 saturated heterocycles. The van der Waals surface area contributed by atoms with Gasteiger partial charge in [0.1, 0.15) is 6.04 Å². The number of primary amides is 1. The van der Waals surface area contributed by atoms with E-state index >= 15 is 0 Å². The van der Waals surface area contributed by atoms with Gasteiger partial charge in [-0.2, -0.15) is 0 Å². The van der Waals surface area contributed by atoms with Crippen molar-refractivity contribution < 1.29 is 48.6 Å². The molecule has 324 valence electrons. The van der Waals surface area contributed by atoms with Crippen LogP contribution >= 0.6 is 0 Å². The lowest BCUT2D eigenvalue weighted by Gasteiger charge is -2.28. The van der Waals surface area contributed by atoms with E-state index in [9.17, 15) is 48.6 Å². The van der Waals surface area contributed by atoms with E-state index in [1.165, 1.54) is 6.92 Å². The van der Waals surface area contributed by atoms with Crippen LogP contribution in [0.5, 0.6) is 0 Å². The number of amides is 4. The number of carbonyl (C=O) groups excluding carboxylic acids is 7. The number of carbonyl (C=O) groups is 8. The van der Waals surface area contributed by atoms with Crippen LogP contribution in [-0.4, -0.2) is 94.4 Å². The Morgan fingerprint density at radius 2 is 1.16 bits per heavy atom. The first kappa shape index (κ1) is 50.8. The van der Waals surface area contributed by atoms with Crippen LogP contribution in [0.4, 0.5) is 0 Å². The number of nitrogens with zero attached hydrogens (tertiary/aromatic N) is 1. The van der Waals surface area contributed by atoms with Gasteiger partial charge in [-0.3, -0.25) is 43.3 Å². The predicted molar refractivity (Wildman–Crippen MR) is 217 cm³/mol. The summed E-state index contributed by atoms with van der Waals surface area (Å²) in [6.07, 6.45) is 0.0985. The third-order valence-electron chi connectivity index (χ3n) is 10.7. The molecule has 0 aliphatic heterocycles. The van der Waals surface area contributed by atoms with Crippen LogP contribution in [0.3, 0.4) is 0 Å². The molecule has 0 aromatic heterocycles. The summed E-state index contributed by atoms with van der Waals surface area (Å²) in [6.45, 7) is 9.81. The molecule has 1 aromatic rings. The SMILES string of the molecule is CC[C@H](C)[C@H](CC(=O)[C@H](Cc1ccccc1)NC(=O)[C@@H](CC(=O)[C@H](CC(=O)O)NC(=O)[C@H](C)CC(=O)[C@H](CO)NC(=O)[C@@H](C)CCCN=C(N)N)[C@@H](C)CC)C(N)=O. The minimum atomic E-state index is -1.57. The zero-order valence-corrected chi connectivity index (χ0v) is 34.7. The van der Waals surface area contributed by atoms with Crippen molar-refractivity contribution in [2.75, 3.05) is 13.2 Å². The smallest absolute Gasteiger partial charge is 0.305 e. The number of Topliss-reactive ketones (excluding diaryl/α,β-unsaturated/α-hetero) is 3. The summed E-state index contributed by atoms with van der Waals surface area (Å²) in [5, 5.41) is 27.2. The third-order valence-corrected chi connectivity index (χ3v) is 10.7. The number of hydrogen-bond donors (Lipinski definition) is 8. The lowest BCUT2D eigenvalue weighted by Crippen LogP contribution is -2.50. The van der Waals surface area contributed by atoms with Crippen molar-refractivity contribution in [3.05, 3.63) is 35.9 Å². The maximum Gasteiger partial charge on any atom is 0.305 e. The van der Waals surface area contributed by atoms with E-state index in [2.05, 4.69) is 20.9 Å². The van der Waals surface area contributed by atoms with Gasteiger partial charge in [0, 0.05) is 49.5 Å². The van der Waals surface area contributed by atoms with Gasteiger partial charge in [-0.15, -0.1) is 0 Å². The Hall–Kier alpha value is -5.19. The van der Waals surface area contributed by atoms with E-state index in [-0.39, 0.29) is 24.7 Å². The zero-order valence-electron chi connectivity index (χ0n) is 34.7. The highest BCUT2D eigenvalue weighted by molar-refractivity contribution is 5.98. The number of aliphatic imine (C=N–C) groups is 1. The summed E-state index contributed by atoms with van der Waals surface area (Å²) in [6, 6.07) is 4.99. The Kier molecular flexibility index (Phi) is 22.7. The number of guanidine groups is 1. The maximum absolute atomic E-state index is 14.0. The molecule has 0 spiro atoms. The largest absolute Gasteiger partial charge is 0.481 e. The normalized spacial score (nSPS) is 15.8. The van der Waals surface area contributed by atoms with Crippen molar-refractivity contribution in [2.45, 2.75) is 117 Å². The van der Waals surface area contributed by atoms with Gasteiger partial charge in [-0.05, 0) is 36.7 Å². The molecule has 0 heterocycles. The average molecular weight is 816 g/mol. The molecule has 17 nitrogen and oxygen atoms in total. The summed E-state index contributed by atoms with van der Waals surface area (Å²) in [5.74, 6) is -9.91. The summed E-state index contributed by atoms with van der Waals surface area (Å²) in [7, 11) is 0. The molecule has 4 amide bonds. The fourth-order valence-corrected chi connectivity index (χ4v) is 6.34. The molecule has 11 N–H and O–H groups in total. The zero-order chi connectivity index (χ0) is 44.1. The first-order valence-corrected chi connectivity index (χ1v) is 20.0. The molecule has 1 aromatic carbocycles. The monoisotopic (exact) mass is 815 g/mol. The molecule has 1 rings (SSSR count). The number of carboxylic acid groups (broad SMARTS) is 1. The highest BCUT2D eigenvalue weighted by Crippen LogP contribution is 2.24. The number of nitrogens with one attached hydrogen (secondary N) is 3. The fourth-order valence-electron chi connectivity index (χ4n) is 6.34. The van der Waals surface area contributed by atoms with Gasteiger partial charge < -0.3 is 43.4 Å². The van der Waals surface area contributed by atoms with Crippen molar-refractivity contribution in [3.63, 3.8) is 0 Å². The molecule has 0 radical (unpaired) electrons. The van der Waals surface area contributed by atoms with Crippen molar-refractivity contribution in [1.82, 2.24) is 16.0 Å². The Morgan fingerprint density at radius 3 is 1.69 bits per heavy atom. The van der Waals surface area contributed by atoms with Crippen LogP contribution in [-0.2, 0) is 44.8 Å². The minimum absolute atomic E-state index is 0.0780. The van der Waals surface area contributed by atoms with Crippen molar-refractivity contribution in [3.8, 4) is 0 Å². The van der Waals surface area contributed by atoms with Crippen molar-refractivity contribution in [1.29, 1.82) is 0 Å². The number of nitrogens with two attached hydrogens (primary N) is 3. The minimum Gasteiger partial charge on any atom is -0.481 e. The topological polar surface area (TPSA) is 304 Å². The number of aliphatic hydroxyl groups is 1. The van der Waals surface area contributed by atoms with Gasteiger partial charge >= 0.3 is 5.97 Å². The second-order valence-electron chi connectivity index (χ2n) is 15.3. The standard InChI is InChI=1S/C41H65N7O10/c1-7-23(3)28(37(42)55)19-34(51)30(18-27-14-10-9-11-15-27)47-40(58)29(24(4)8-2)20-35(52)31(21-36(53)54)46-39(57)26(6)17-33(50)32(22-49)48-38(56)25(5)13-12-16-45-41(43)44/h9-11,14-15,23-26,28-32,49H,7-8,12-13,16-22H2,1-6H3,(H2,42,55)(H,46,57)(H,47,58)(H,48,56)(H,53,54)(H4,43,44,45)/t23-,24-,25-,26+,28-,29-,30-,31-,32-/m0/s1. The lowest BCUT2D eigenvalue weighted by molar-refractivity contribution is -0.141. The van der Waals surface area contributed by atoms with Crippen LogP contribution in [0.1, 0.15) is 98.5 Å². The first-order valence-electron chi connectivity index (χ1n) is 20.0. The van der Waals surface area contributed by atoms with Gasteiger partial charge in [0.05, 0.1) is 25.1 Å². The van der Waals surface area contributed by atoms with E-state index in [1.54, 1.807) is 51.1 Å². The van der Waals surface area contributed by atoms with Crippen molar-refractivity contribution in [2.24, 2.45) is 57.7 Å². The Labute approximate surface area is 341 Å². The number of rotatable bonds is 29. The molecular formula is C41H65N7O10. The Morgan fingerprint density at radius 1 is 0.655 bits per heavy atom. The summed E-state index contributed by atoms with van der Waals surface area (Å²) in [5.41, 5.74) is 17.0. The summed E-state index contributed by atoms with van der Waals surface area (Å²) < 4.78 is 0. The highest BCUT2D eigenvalue weighted by Gasteiger charge is 2.36. The molecule has 0 aliphatic rings. The van der Waals surface area contributed by atoms with Crippen LogP contribution in [0.25, 0.3) is 0 Å². The number of ketones is 3. The molecule has 0 aliphatic carbocycles. The Bertz CT molecular complexity index is 1580. The molecular weight excluding hydrogens is 750 g/mol. The van der Waals surface area contributed by atoms with Crippen LogP contribution < -0.4 is 33.2 Å². The van der Waals surface area contributed by atoms with Gasteiger partial charge in [0.15, 0.2) is 23.3 Å². The quantitative estimate of drug-likeness (QED) is 0.0321. The van der Waals surface area contributed by atoms with E-state index in [4.69, 9.17) is 17.2 Å². The van der Waals surface area contributed by atoms with E-state index in [1.807, 2.05) is 13.8 Å². The highest BCUT2D eigenvalue weighted by atomic mass is 16.4. The number of aliphatic hydroxyl groups excluding tert-OH is 1. The Balaban J connectivity index is 3.16. The molecule has 0 saturated carbocycles. The molecule has 0 unspecified atom stereocenters. The molecule has 17 heteroatoms. The first-order chi connectivity index (χ1) is 27.2. The average Bonchev–Trinajstić information content (AvgIpc) is 3.17. The third kappa shape index (κ3) is 17.9. The van der Waals surface area contributed by atoms with Crippen LogP contribution in [0, 0.1) is 35.5 Å². The maximum atomic E-state index is 14.0. The van der Waals surface area contributed by atoms with Gasteiger partial charge in [-0.25, -0.2) is 0 Å². The summed E-state index contributed by atoms with van der Waals surface area (Å²) >= 11 is 0. The van der Waals surface area contributed by atoms with Crippen LogP contribution in [0.2, 0.25) is 0 Å². The second kappa shape index (κ2) is 25.9. The number of benzene rings is 1. The number of carboxylic acids is 1. The fraction of sp³-hybridized carbons (Fsp3) is 0.634. The summed E-state index contributed by atoms with van der Waals surface area (Å²) in [4.78, 5) is 108. The predicted octanol–water partition coefficient (Wildman–Crippen LogP) is 1.16. The van der Waals surface area contributed by atoms with Gasteiger partial charge in [0.2, 0.25) is 23.6 Å². The van der Waals surface area contributed by atoms with Crippen LogP contribution in [0.15, 0.2) is 35.3 Å². The van der Waals surface area contributed by atoms with E-state index in [0.29, 0.717) is 32.2 Å². The molecule has 0 fully saturated rings. The molecule has 58 heavy (non-hydrogen) atoms. The van der Waals surface area contributed by atoms with Gasteiger partial charge in [0.25, 0.3) is 0 Å². The molecule has 0 bridgehead atoms. The van der Waals surface area contributed by atoms with E-state index in [0.717, 1.165) is 5.56 Å². The second-order valence-corrected chi connectivity index (χ2v) is 15.3. The lowest BCUT2D eigenvalue weighted by atomic mass is 9.83.